The number of hydrogen-bond donors (Lipinski definition) is 1. The first-order valence-electron chi connectivity index (χ1n) is 6.85. The molecule has 0 aliphatic rings. The smallest absolute Gasteiger partial charge is 0.330 e. The topological polar surface area (TPSA) is 86.1 Å². The second kappa shape index (κ2) is 6.15. The summed E-state index contributed by atoms with van der Waals surface area (Å²) in [5.74, 6) is -1.50. The highest BCUT2D eigenvalue weighted by Crippen LogP contribution is 2.14. The summed E-state index contributed by atoms with van der Waals surface area (Å²) >= 11 is 0. The van der Waals surface area contributed by atoms with Crippen LogP contribution in [0.15, 0.2) is 24.3 Å². The van der Waals surface area contributed by atoms with E-state index in [-0.39, 0.29) is 11.5 Å². The van der Waals surface area contributed by atoms with Crippen molar-refractivity contribution in [2.75, 3.05) is 7.11 Å². The molecule has 0 radical (unpaired) electrons. The van der Waals surface area contributed by atoms with Crippen LogP contribution in [-0.4, -0.2) is 39.5 Å². The largest absolute Gasteiger partial charge is 0.467 e. The van der Waals surface area contributed by atoms with Gasteiger partial charge in [0.1, 0.15) is 11.4 Å². The zero-order valence-corrected chi connectivity index (χ0v) is 13.3. The summed E-state index contributed by atoms with van der Waals surface area (Å²) in [6.07, 6.45) is 0. The molecule has 0 bridgehead atoms. The molecule has 0 saturated heterocycles. The number of nitrogens with zero attached hydrogens (tertiary/aromatic N) is 3. The number of benzene rings is 1. The van der Waals surface area contributed by atoms with Crippen LogP contribution in [-0.2, 0) is 9.53 Å². The Labute approximate surface area is 132 Å². The number of ether oxygens (including phenoxy) is 1. The van der Waals surface area contributed by atoms with E-state index in [1.807, 2.05) is 0 Å². The van der Waals surface area contributed by atoms with Crippen LogP contribution in [0.25, 0.3) is 5.69 Å². The van der Waals surface area contributed by atoms with Gasteiger partial charge in [-0.1, -0.05) is 5.21 Å². The number of halogens is 1. The van der Waals surface area contributed by atoms with Gasteiger partial charge >= 0.3 is 5.97 Å². The van der Waals surface area contributed by atoms with Gasteiger partial charge in [0.2, 0.25) is 0 Å². The van der Waals surface area contributed by atoms with Gasteiger partial charge in [-0.2, -0.15) is 0 Å². The Balaban J connectivity index is 2.27. The van der Waals surface area contributed by atoms with Crippen LogP contribution in [0.1, 0.15) is 30.0 Å². The van der Waals surface area contributed by atoms with Gasteiger partial charge in [0.25, 0.3) is 5.91 Å². The summed E-state index contributed by atoms with van der Waals surface area (Å²) in [6, 6.07) is 5.63. The fraction of sp³-hybridized carbons (Fsp3) is 0.333. The highest BCUT2D eigenvalue weighted by Gasteiger charge is 2.32. The molecule has 0 fully saturated rings. The zero-order chi connectivity index (χ0) is 17.2. The van der Waals surface area contributed by atoms with Crippen LogP contribution in [0, 0.1) is 12.7 Å². The Kier molecular flexibility index (Phi) is 4.44. The molecule has 0 saturated carbocycles. The third-order valence-corrected chi connectivity index (χ3v) is 3.30. The maximum atomic E-state index is 13.0. The highest BCUT2D eigenvalue weighted by molar-refractivity contribution is 5.97. The molecule has 1 aromatic carbocycles. The number of rotatable bonds is 4. The Morgan fingerprint density at radius 3 is 2.43 bits per heavy atom. The summed E-state index contributed by atoms with van der Waals surface area (Å²) in [4.78, 5) is 23.9. The number of esters is 1. The van der Waals surface area contributed by atoms with Crippen molar-refractivity contribution in [1.82, 2.24) is 20.3 Å². The highest BCUT2D eigenvalue weighted by atomic mass is 19.1. The van der Waals surface area contributed by atoms with Crippen LogP contribution in [0.4, 0.5) is 4.39 Å². The lowest BCUT2D eigenvalue weighted by atomic mass is 10.1. The first-order valence-corrected chi connectivity index (χ1v) is 6.85. The van der Waals surface area contributed by atoms with E-state index >= 15 is 0 Å². The van der Waals surface area contributed by atoms with E-state index in [9.17, 15) is 14.0 Å². The van der Waals surface area contributed by atoms with Crippen molar-refractivity contribution in [2.45, 2.75) is 26.3 Å². The monoisotopic (exact) mass is 320 g/mol. The fourth-order valence-electron chi connectivity index (χ4n) is 2.02. The average molecular weight is 320 g/mol. The Morgan fingerprint density at radius 2 is 1.87 bits per heavy atom. The minimum atomic E-state index is -1.20. The number of nitrogens with one attached hydrogen (secondary N) is 1. The molecule has 7 nitrogen and oxygen atoms in total. The normalized spacial score (nSPS) is 11.2. The average Bonchev–Trinajstić information content (AvgIpc) is 2.88. The number of carbonyl (C=O) groups excluding carboxylic acids is 2. The molecule has 0 aliphatic heterocycles. The molecule has 1 amide bonds. The third kappa shape index (κ3) is 3.36. The Bertz CT molecular complexity index is 738. The van der Waals surface area contributed by atoms with Crippen LogP contribution in [0.2, 0.25) is 0 Å². The summed E-state index contributed by atoms with van der Waals surface area (Å²) < 4.78 is 19.0. The van der Waals surface area contributed by atoms with Gasteiger partial charge in [0.05, 0.1) is 18.5 Å². The number of methoxy groups -OCH3 is 1. The predicted octanol–water partition coefficient (Wildman–Crippen LogP) is 1.40. The van der Waals surface area contributed by atoms with E-state index in [0.717, 1.165) is 0 Å². The third-order valence-electron chi connectivity index (χ3n) is 3.30. The van der Waals surface area contributed by atoms with Gasteiger partial charge in [-0.05, 0) is 45.0 Å². The molecule has 8 heteroatoms. The molecule has 1 N–H and O–H groups in total. The zero-order valence-electron chi connectivity index (χ0n) is 13.3. The van der Waals surface area contributed by atoms with Crippen molar-refractivity contribution in [3.05, 3.63) is 41.5 Å². The molecule has 23 heavy (non-hydrogen) atoms. The summed E-state index contributed by atoms with van der Waals surface area (Å²) in [7, 11) is 1.24. The minimum absolute atomic E-state index is 0.0753. The number of amides is 1. The second-order valence-corrected chi connectivity index (χ2v) is 5.48. The molecule has 2 rings (SSSR count). The second-order valence-electron chi connectivity index (χ2n) is 5.48. The Morgan fingerprint density at radius 1 is 1.26 bits per heavy atom. The summed E-state index contributed by atoms with van der Waals surface area (Å²) in [5.41, 5.74) is -0.0819. The van der Waals surface area contributed by atoms with E-state index in [0.29, 0.717) is 11.4 Å². The van der Waals surface area contributed by atoms with Crippen LogP contribution >= 0.6 is 0 Å². The standard InChI is InChI=1S/C15H17FN4O3/c1-9-12(13(21)17-15(2,3)14(22)23-4)18-19-20(9)11-7-5-10(16)6-8-11/h5-8H,1-4H3,(H,17,21). The molecule has 0 aliphatic carbocycles. The van der Waals surface area contributed by atoms with Crippen molar-refractivity contribution in [3.8, 4) is 5.69 Å². The lowest BCUT2D eigenvalue weighted by molar-refractivity contribution is -0.146. The van der Waals surface area contributed by atoms with Crippen LogP contribution in [0.3, 0.4) is 0 Å². The molecule has 122 valence electrons. The molecular weight excluding hydrogens is 303 g/mol. The molecule has 0 spiro atoms. The van der Waals surface area contributed by atoms with Gasteiger partial charge in [0, 0.05) is 0 Å². The summed E-state index contributed by atoms with van der Waals surface area (Å²) in [6.45, 7) is 4.70. The first-order chi connectivity index (χ1) is 10.8. The predicted molar refractivity (Wildman–Crippen MR) is 79.6 cm³/mol. The number of carbonyl (C=O) groups is 2. The van der Waals surface area contributed by atoms with E-state index in [2.05, 4.69) is 20.4 Å². The van der Waals surface area contributed by atoms with Crippen molar-refractivity contribution >= 4 is 11.9 Å². The molecular formula is C15H17FN4O3. The lowest BCUT2D eigenvalue weighted by Gasteiger charge is -2.22. The van der Waals surface area contributed by atoms with Gasteiger partial charge in [0.15, 0.2) is 5.69 Å². The van der Waals surface area contributed by atoms with E-state index < -0.39 is 17.4 Å². The van der Waals surface area contributed by atoms with Crippen LogP contribution in [0.5, 0.6) is 0 Å². The quantitative estimate of drug-likeness (QED) is 0.861. The molecule has 2 aromatic rings. The first kappa shape index (κ1) is 16.6. The van der Waals surface area contributed by atoms with Crippen molar-refractivity contribution in [3.63, 3.8) is 0 Å². The molecule has 0 atom stereocenters. The van der Waals surface area contributed by atoms with Crippen molar-refractivity contribution < 1.29 is 18.7 Å². The SMILES string of the molecule is COC(=O)C(C)(C)NC(=O)c1nnn(-c2ccc(F)cc2)c1C. The summed E-state index contributed by atoms with van der Waals surface area (Å²) in [5, 5.41) is 10.3. The van der Waals surface area contributed by atoms with Crippen molar-refractivity contribution in [1.29, 1.82) is 0 Å². The van der Waals surface area contributed by atoms with Crippen LogP contribution < -0.4 is 5.32 Å². The Hall–Kier alpha value is -2.77. The van der Waals surface area contributed by atoms with Gasteiger partial charge in [-0.25, -0.2) is 13.9 Å². The maximum Gasteiger partial charge on any atom is 0.330 e. The van der Waals surface area contributed by atoms with Gasteiger partial charge in [-0.3, -0.25) is 4.79 Å². The van der Waals surface area contributed by atoms with E-state index in [1.165, 1.54) is 49.9 Å². The van der Waals surface area contributed by atoms with E-state index in [1.54, 1.807) is 6.92 Å². The molecule has 1 heterocycles. The van der Waals surface area contributed by atoms with Crippen molar-refractivity contribution in [2.24, 2.45) is 0 Å². The lowest BCUT2D eigenvalue weighted by Crippen LogP contribution is -2.50. The maximum absolute atomic E-state index is 13.0. The fourth-order valence-corrected chi connectivity index (χ4v) is 2.02. The number of aromatic nitrogens is 3. The van der Waals surface area contributed by atoms with Gasteiger partial charge in [-0.15, -0.1) is 5.10 Å². The minimum Gasteiger partial charge on any atom is -0.467 e. The molecule has 1 aromatic heterocycles. The number of hydrogen-bond acceptors (Lipinski definition) is 5. The van der Waals surface area contributed by atoms with E-state index in [4.69, 9.17) is 0 Å². The molecule has 0 unspecified atom stereocenters. The van der Waals surface area contributed by atoms with Gasteiger partial charge < -0.3 is 10.1 Å².